The minimum atomic E-state index is -0.353. The second-order valence-corrected chi connectivity index (χ2v) is 6.64. The predicted molar refractivity (Wildman–Crippen MR) is 86.3 cm³/mol. The third kappa shape index (κ3) is 2.96. The van der Waals surface area contributed by atoms with E-state index >= 15 is 0 Å². The topological polar surface area (TPSA) is 55.2 Å². The van der Waals surface area contributed by atoms with Crippen LogP contribution in [0.1, 0.15) is 34.8 Å². The maximum absolute atomic E-state index is 12.9. The fourth-order valence-electron chi connectivity index (χ4n) is 3.06. The van der Waals surface area contributed by atoms with E-state index in [0.29, 0.717) is 31.1 Å². The van der Waals surface area contributed by atoms with Gasteiger partial charge < -0.3 is 4.90 Å². The molecule has 5 nitrogen and oxygen atoms in total. The molecule has 2 aromatic rings. The van der Waals surface area contributed by atoms with Crippen molar-refractivity contribution in [3.8, 4) is 0 Å². The Morgan fingerprint density at radius 1 is 1.12 bits per heavy atom. The zero-order valence-corrected chi connectivity index (χ0v) is 13.2. The number of halogens is 1. The Hall–Kier alpha value is -2.50. The van der Waals surface area contributed by atoms with Crippen molar-refractivity contribution in [1.29, 1.82) is 0 Å². The van der Waals surface area contributed by atoms with Gasteiger partial charge in [-0.2, -0.15) is 5.10 Å². The number of hydrogen-bond acceptors (Lipinski definition) is 3. The third-order valence-corrected chi connectivity index (χ3v) is 4.65. The number of carbonyl (C=O) groups is 1. The zero-order valence-electron chi connectivity index (χ0n) is 13.2. The lowest BCUT2D eigenvalue weighted by Crippen LogP contribution is -2.52. The third-order valence-electron chi connectivity index (χ3n) is 4.65. The summed E-state index contributed by atoms with van der Waals surface area (Å²) in [6.07, 6.45) is 2.29. The molecule has 6 heteroatoms. The largest absolute Gasteiger partial charge is 0.338 e. The maximum atomic E-state index is 12.9. The molecule has 0 bridgehead atoms. The van der Waals surface area contributed by atoms with Gasteiger partial charge in [0.2, 0.25) is 0 Å². The van der Waals surface area contributed by atoms with Gasteiger partial charge in [-0.3, -0.25) is 9.59 Å². The molecule has 0 unspecified atom stereocenters. The Morgan fingerprint density at radius 3 is 2.50 bits per heavy atom. The second-order valence-electron chi connectivity index (χ2n) is 6.64. The molecule has 1 saturated carbocycles. The van der Waals surface area contributed by atoms with Crippen LogP contribution in [0.15, 0.2) is 41.2 Å². The molecule has 0 atom stereocenters. The van der Waals surface area contributed by atoms with Crippen molar-refractivity contribution in [2.45, 2.75) is 25.3 Å². The highest BCUT2D eigenvalue weighted by molar-refractivity contribution is 5.94. The van der Waals surface area contributed by atoms with Crippen molar-refractivity contribution in [2.75, 3.05) is 13.1 Å². The molecule has 124 valence electrons. The number of nitrogens with zero attached hydrogens (tertiary/aromatic N) is 3. The van der Waals surface area contributed by atoms with Crippen LogP contribution in [-0.2, 0) is 6.54 Å². The number of rotatable bonds is 4. The number of hydrogen-bond donors (Lipinski definition) is 0. The van der Waals surface area contributed by atoms with Crippen molar-refractivity contribution >= 4 is 5.91 Å². The molecular formula is C18H18FN3O2. The Bertz CT molecular complexity index is 821. The van der Waals surface area contributed by atoms with Gasteiger partial charge in [0.25, 0.3) is 11.5 Å². The monoisotopic (exact) mass is 327 g/mol. The molecule has 1 amide bonds. The van der Waals surface area contributed by atoms with Gasteiger partial charge in [-0.1, -0.05) is 0 Å². The Kier molecular flexibility index (Phi) is 3.67. The first kappa shape index (κ1) is 15.1. The number of likely N-dealkylation sites (tertiary alicyclic amines) is 1. The van der Waals surface area contributed by atoms with Crippen molar-refractivity contribution in [3.63, 3.8) is 0 Å². The quantitative estimate of drug-likeness (QED) is 0.863. The van der Waals surface area contributed by atoms with Gasteiger partial charge in [0.15, 0.2) is 0 Å². The molecule has 24 heavy (non-hydrogen) atoms. The maximum Gasteiger partial charge on any atom is 0.266 e. The molecule has 0 spiro atoms. The standard InChI is InChI=1S/C18H18FN3O2/c19-15-5-3-14(4-6-15)18(24)21-9-12(10-21)11-22-17(23)8-7-16(20-22)13-1-2-13/h3-8,12-13H,1-2,9-11H2. The van der Waals surface area contributed by atoms with Gasteiger partial charge in [0.05, 0.1) is 12.2 Å². The highest BCUT2D eigenvalue weighted by Gasteiger charge is 2.32. The van der Waals surface area contributed by atoms with E-state index in [1.165, 1.54) is 28.9 Å². The molecule has 2 aliphatic rings. The summed E-state index contributed by atoms with van der Waals surface area (Å²) in [5.41, 5.74) is 1.39. The average Bonchev–Trinajstić information content (AvgIpc) is 3.37. The highest BCUT2D eigenvalue weighted by atomic mass is 19.1. The van der Waals surface area contributed by atoms with Crippen molar-refractivity contribution in [1.82, 2.24) is 14.7 Å². The van der Waals surface area contributed by atoms with E-state index in [9.17, 15) is 14.0 Å². The summed E-state index contributed by atoms with van der Waals surface area (Å²) < 4.78 is 14.4. The summed E-state index contributed by atoms with van der Waals surface area (Å²) >= 11 is 0. The van der Waals surface area contributed by atoms with E-state index in [1.54, 1.807) is 11.0 Å². The van der Waals surface area contributed by atoms with E-state index in [-0.39, 0.29) is 23.2 Å². The van der Waals surface area contributed by atoms with Gasteiger partial charge in [-0.15, -0.1) is 0 Å². The summed E-state index contributed by atoms with van der Waals surface area (Å²) in [5, 5.41) is 4.45. The summed E-state index contributed by atoms with van der Waals surface area (Å²) in [6, 6.07) is 8.98. The van der Waals surface area contributed by atoms with E-state index in [4.69, 9.17) is 0 Å². The lowest BCUT2D eigenvalue weighted by Gasteiger charge is -2.39. The van der Waals surface area contributed by atoms with Crippen molar-refractivity contribution < 1.29 is 9.18 Å². The first-order valence-corrected chi connectivity index (χ1v) is 8.23. The first-order chi connectivity index (χ1) is 11.6. The minimum Gasteiger partial charge on any atom is -0.338 e. The molecule has 2 heterocycles. The zero-order chi connectivity index (χ0) is 16.7. The van der Waals surface area contributed by atoms with Crippen LogP contribution in [0.5, 0.6) is 0 Å². The summed E-state index contributed by atoms with van der Waals surface area (Å²) in [4.78, 5) is 25.9. The number of benzene rings is 1. The summed E-state index contributed by atoms with van der Waals surface area (Å²) in [6.45, 7) is 1.72. The lowest BCUT2D eigenvalue weighted by atomic mass is 9.99. The average molecular weight is 327 g/mol. The minimum absolute atomic E-state index is 0.0947. The Labute approximate surface area is 138 Å². The van der Waals surface area contributed by atoms with Crippen LogP contribution in [0.2, 0.25) is 0 Å². The Morgan fingerprint density at radius 2 is 1.83 bits per heavy atom. The highest BCUT2D eigenvalue weighted by Crippen LogP contribution is 2.38. The van der Waals surface area contributed by atoms with E-state index in [0.717, 1.165) is 18.5 Å². The van der Waals surface area contributed by atoms with E-state index in [2.05, 4.69) is 5.10 Å². The molecule has 0 N–H and O–H groups in total. The van der Waals surface area contributed by atoms with E-state index in [1.807, 2.05) is 6.07 Å². The van der Waals surface area contributed by atoms with Crippen LogP contribution < -0.4 is 5.56 Å². The van der Waals surface area contributed by atoms with Gasteiger partial charge >= 0.3 is 0 Å². The van der Waals surface area contributed by atoms with Crippen LogP contribution in [0.4, 0.5) is 4.39 Å². The van der Waals surface area contributed by atoms with Crippen LogP contribution in [0.25, 0.3) is 0 Å². The number of amides is 1. The molecule has 4 rings (SSSR count). The fraction of sp³-hybridized carbons (Fsp3) is 0.389. The molecular weight excluding hydrogens is 309 g/mol. The SMILES string of the molecule is O=C(c1ccc(F)cc1)N1CC(Cn2nc(C3CC3)ccc2=O)C1. The smallest absolute Gasteiger partial charge is 0.266 e. The van der Waals surface area contributed by atoms with Crippen molar-refractivity contribution in [2.24, 2.45) is 5.92 Å². The predicted octanol–water partition coefficient (Wildman–Crippen LogP) is 2.03. The van der Waals surface area contributed by atoms with Gasteiger partial charge in [0.1, 0.15) is 5.82 Å². The molecule has 1 aromatic carbocycles. The molecule has 1 saturated heterocycles. The van der Waals surface area contributed by atoms with Crippen molar-refractivity contribution in [3.05, 3.63) is 63.8 Å². The number of aromatic nitrogens is 2. The first-order valence-electron chi connectivity index (χ1n) is 8.23. The molecule has 1 aliphatic heterocycles. The second kappa shape index (κ2) is 5.85. The molecule has 1 aliphatic carbocycles. The van der Waals surface area contributed by atoms with Crippen LogP contribution >= 0.6 is 0 Å². The van der Waals surface area contributed by atoms with Gasteiger partial charge in [0, 0.05) is 36.6 Å². The summed E-state index contributed by atoms with van der Waals surface area (Å²) in [7, 11) is 0. The van der Waals surface area contributed by atoms with E-state index < -0.39 is 0 Å². The van der Waals surface area contributed by atoms with Gasteiger partial charge in [-0.25, -0.2) is 9.07 Å². The Balaban J connectivity index is 1.38. The lowest BCUT2D eigenvalue weighted by molar-refractivity contribution is 0.0458. The molecule has 2 fully saturated rings. The summed E-state index contributed by atoms with van der Waals surface area (Å²) in [5.74, 6) is 0.288. The fourth-order valence-corrected chi connectivity index (χ4v) is 3.06. The normalized spacial score (nSPS) is 17.6. The van der Waals surface area contributed by atoms with Crippen LogP contribution in [-0.4, -0.2) is 33.7 Å². The van der Waals surface area contributed by atoms with Gasteiger partial charge in [-0.05, 0) is 43.2 Å². The molecule has 0 radical (unpaired) electrons. The number of carbonyl (C=O) groups excluding carboxylic acids is 1. The van der Waals surface area contributed by atoms with Crippen LogP contribution in [0, 0.1) is 11.7 Å². The molecule has 1 aromatic heterocycles. The van der Waals surface area contributed by atoms with Crippen LogP contribution in [0.3, 0.4) is 0 Å².